The molecule has 0 saturated carbocycles. The molecule has 6 heteroatoms. The van der Waals surface area contributed by atoms with Crippen molar-refractivity contribution < 1.29 is 17.9 Å². The summed E-state index contributed by atoms with van der Waals surface area (Å²) in [5.41, 5.74) is -0.376. The molecule has 0 N–H and O–H groups in total. The van der Waals surface area contributed by atoms with E-state index < -0.39 is 23.5 Å². The maximum atomic E-state index is 13.2. The molecule has 1 rings (SSSR count). The van der Waals surface area contributed by atoms with Crippen LogP contribution in [0, 0.1) is 17.6 Å². The fourth-order valence-electron chi connectivity index (χ4n) is 0.904. The Hall–Kier alpha value is -1.30. The van der Waals surface area contributed by atoms with Gasteiger partial charge in [-0.2, -0.15) is 9.37 Å². The summed E-state index contributed by atoms with van der Waals surface area (Å²) in [6.07, 6.45) is 0. The van der Waals surface area contributed by atoms with Crippen molar-refractivity contribution in [2.45, 2.75) is 19.4 Å². The van der Waals surface area contributed by atoms with Gasteiger partial charge in [-0.15, -0.1) is 0 Å². The molecule has 17 heavy (non-hydrogen) atoms. The Morgan fingerprint density at radius 3 is 2.35 bits per heavy atom. The zero-order valence-electron chi connectivity index (χ0n) is 10.2. The quantitative estimate of drug-likeness (QED) is 0.764. The minimum Gasteiger partial charge on any atom is -0.474 e. The van der Waals surface area contributed by atoms with Gasteiger partial charge in [-0.05, 0) is 27.9 Å². The number of aromatic nitrogens is 1. The number of hydrogen-bond acceptors (Lipinski definition) is 3. The van der Waals surface area contributed by atoms with Gasteiger partial charge in [0.1, 0.15) is 6.61 Å². The molecule has 1 heterocycles. The molecular weight excluding hydrogens is 233 g/mol. The Bertz CT molecular complexity index is 408. The van der Waals surface area contributed by atoms with Gasteiger partial charge in [0.15, 0.2) is 11.6 Å². The van der Waals surface area contributed by atoms with Crippen LogP contribution >= 0.6 is 0 Å². The molecule has 0 aliphatic heterocycles. The van der Waals surface area contributed by atoms with Crippen LogP contribution in [0.15, 0.2) is 6.07 Å². The zero-order chi connectivity index (χ0) is 13.2. The first-order chi connectivity index (χ1) is 7.74. The van der Waals surface area contributed by atoms with Gasteiger partial charge in [-0.1, -0.05) is 0 Å². The first kappa shape index (κ1) is 13.8. The Morgan fingerprint density at radius 2 is 1.82 bits per heavy atom. The van der Waals surface area contributed by atoms with Crippen LogP contribution in [0.25, 0.3) is 0 Å². The molecule has 0 fully saturated rings. The highest BCUT2D eigenvalue weighted by Gasteiger charge is 2.23. The molecule has 0 aromatic carbocycles. The van der Waals surface area contributed by atoms with Crippen molar-refractivity contribution in [2.24, 2.45) is 0 Å². The molecule has 0 spiro atoms. The van der Waals surface area contributed by atoms with E-state index in [1.54, 1.807) is 0 Å². The van der Waals surface area contributed by atoms with E-state index in [1.165, 1.54) is 0 Å². The van der Waals surface area contributed by atoms with Crippen molar-refractivity contribution in [1.29, 1.82) is 0 Å². The van der Waals surface area contributed by atoms with Crippen LogP contribution in [0.5, 0.6) is 5.88 Å². The van der Waals surface area contributed by atoms with E-state index in [2.05, 4.69) is 4.98 Å². The van der Waals surface area contributed by atoms with Gasteiger partial charge in [0.25, 0.3) is 11.8 Å². The number of likely N-dealkylation sites (N-methyl/N-ethyl adjacent to an activating group) is 1. The number of rotatable bonds is 4. The zero-order valence-corrected chi connectivity index (χ0v) is 10.2. The predicted molar refractivity (Wildman–Crippen MR) is 57.4 cm³/mol. The van der Waals surface area contributed by atoms with Crippen molar-refractivity contribution in [3.8, 4) is 5.88 Å². The third kappa shape index (κ3) is 3.33. The number of hydrogen-bond donors (Lipinski definition) is 0. The van der Waals surface area contributed by atoms with Crippen LogP contribution in [-0.2, 0) is 0 Å². The van der Waals surface area contributed by atoms with Gasteiger partial charge in [-0.3, -0.25) is 0 Å². The highest BCUT2D eigenvalue weighted by atomic mass is 19.2. The summed E-state index contributed by atoms with van der Waals surface area (Å²) >= 11 is 0. The highest BCUT2D eigenvalue weighted by Crippen LogP contribution is 2.19. The van der Waals surface area contributed by atoms with E-state index in [1.807, 2.05) is 32.8 Å². The van der Waals surface area contributed by atoms with Crippen LogP contribution in [-0.4, -0.2) is 36.1 Å². The average Bonchev–Trinajstić information content (AvgIpc) is 2.21. The monoisotopic (exact) mass is 248 g/mol. The van der Waals surface area contributed by atoms with Gasteiger partial charge >= 0.3 is 0 Å². The number of halogens is 3. The molecule has 1 aromatic heterocycles. The number of ether oxygens (including phenoxy) is 1. The van der Waals surface area contributed by atoms with Crippen LogP contribution in [0.4, 0.5) is 13.2 Å². The summed E-state index contributed by atoms with van der Waals surface area (Å²) in [7, 11) is 3.66. The second-order valence-corrected chi connectivity index (χ2v) is 4.54. The molecule has 0 radical (unpaired) electrons. The molecule has 0 aliphatic carbocycles. The molecule has 0 unspecified atom stereocenters. The molecule has 0 amide bonds. The van der Waals surface area contributed by atoms with Gasteiger partial charge in [0.2, 0.25) is 0 Å². The van der Waals surface area contributed by atoms with E-state index in [9.17, 15) is 13.2 Å². The Morgan fingerprint density at radius 1 is 1.24 bits per heavy atom. The van der Waals surface area contributed by atoms with Crippen molar-refractivity contribution >= 4 is 0 Å². The second kappa shape index (κ2) is 4.91. The van der Waals surface area contributed by atoms with E-state index in [-0.39, 0.29) is 12.1 Å². The van der Waals surface area contributed by atoms with Crippen LogP contribution in [0.3, 0.4) is 0 Å². The highest BCUT2D eigenvalue weighted by molar-refractivity contribution is 5.15. The van der Waals surface area contributed by atoms with Gasteiger partial charge < -0.3 is 9.64 Å². The number of nitrogens with zero attached hydrogens (tertiary/aromatic N) is 2. The Kier molecular flexibility index (Phi) is 3.98. The smallest absolute Gasteiger partial charge is 0.253 e. The maximum absolute atomic E-state index is 13.2. The van der Waals surface area contributed by atoms with Gasteiger partial charge in [0.05, 0.1) is 0 Å². The molecule has 0 aliphatic rings. The topological polar surface area (TPSA) is 25.4 Å². The van der Waals surface area contributed by atoms with E-state index in [4.69, 9.17) is 4.74 Å². The standard InChI is InChI=1S/C11H15F3N2O/c1-11(2,16(3)4)6-17-10-8(13)5-7(12)9(14)15-10/h5H,6H2,1-4H3. The van der Waals surface area contributed by atoms with Gasteiger partial charge in [-0.25, -0.2) is 8.78 Å². The minimum absolute atomic E-state index is 0.106. The summed E-state index contributed by atoms with van der Waals surface area (Å²) in [6, 6.07) is 0.417. The molecule has 3 nitrogen and oxygen atoms in total. The van der Waals surface area contributed by atoms with Crippen molar-refractivity contribution in [3.63, 3.8) is 0 Å². The summed E-state index contributed by atoms with van der Waals surface area (Å²) < 4.78 is 43.7. The Labute approximate surface area is 98.2 Å². The van der Waals surface area contributed by atoms with Crippen molar-refractivity contribution in [2.75, 3.05) is 20.7 Å². The molecular formula is C11H15F3N2O. The summed E-state index contributed by atoms with van der Waals surface area (Å²) in [5, 5.41) is 0. The average molecular weight is 248 g/mol. The summed E-state index contributed by atoms with van der Waals surface area (Å²) in [6.45, 7) is 3.84. The molecule has 0 atom stereocenters. The first-order valence-corrected chi connectivity index (χ1v) is 5.06. The summed E-state index contributed by atoms with van der Waals surface area (Å²) in [4.78, 5) is 4.94. The third-order valence-corrected chi connectivity index (χ3v) is 2.63. The summed E-state index contributed by atoms with van der Waals surface area (Å²) in [5.74, 6) is -4.25. The third-order valence-electron chi connectivity index (χ3n) is 2.63. The van der Waals surface area contributed by atoms with Gasteiger partial charge in [0, 0.05) is 11.6 Å². The lowest BCUT2D eigenvalue weighted by atomic mass is 10.1. The largest absolute Gasteiger partial charge is 0.474 e. The van der Waals surface area contributed by atoms with E-state index in [0.29, 0.717) is 6.07 Å². The molecule has 0 saturated heterocycles. The first-order valence-electron chi connectivity index (χ1n) is 5.06. The SMILES string of the molecule is CN(C)C(C)(C)COc1nc(F)c(F)cc1F. The molecule has 96 valence electrons. The van der Waals surface area contributed by atoms with E-state index in [0.717, 1.165) is 0 Å². The maximum Gasteiger partial charge on any atom is 0.253 e. The second-order valence-electron chi connectivity index (χ2n) is 4.54. The van der Waals surface area contributed by atoms with Crippen molar-refractivity contribution in [1.82, 2.24) is 9.88 Å². The van der Waals surface area contributed by atoms with Crippen LogP contribution in [0.1, 0.15) is 13.8 Å². The molecule has 1 aromatic rings. The lowest BCUT2D eigenvalue weighted by Gasteiger charge is -2.31. The van der Waals surface area contributed by atoms with Crippen LogP contribution < -0.4 is 4.74 Å². The van der Waals surface area contributed by atoms with E-state index >= 15 is 0 Å². The lowest BCUT2D eigenvalue weighted by Crippen LogP contribution is -2.43. The fraction of sp³-hybridized carbons (Fsp3) is 0.545. The fourth-order valence-corrected chi connectivity index (χ4v) is 0.904. The normalized spacial score (nSPS) is 12.0. The van der Waals surface area contributed by atoms with Crippen LogP contribution in [0.2, 0.25) is 0 Å². The lowest BCUT2D eigenvalue weighted by molar-refractivity contribution is 0.107. The predicted octanol–water partition coefficient (Wildman–Crippen LogP) is 2.22. The number of pyridine rings is 1. The molecule has 0 bridgehead atoms. The Balaban J connectivity index is 2.80. The van der Waals surface area contributed by atoms with Crippen molar-refractivity contribution in [3.05, 3.63) is 23.6 Å². The minimum atomic E-state index is -1.37.